The third-order valence-corrected chi connectivity index (χ3v) is 6.00. The Morgan fingerprint density at radius 3 is 2.82 bits per heavy atom. The molecule has 0 bridgehead atoms. The summed E-state index contributed by atoms with van der Waals surface area (Å²) in [6.45, 7) is 2.24. The Labute approximate surface area is 77.8 Å². The highest BCUT2D eigenvalue weighted by Crippen LogP contribution is 2.50. The van der Waals surface area contributed by atoms with Crippen LogP contribution in [-0.4, -0.2) is 18.2 Å². The Bertz CT molecular complexity index is 208. The molecule has 0 fully saturated rings. The van der Waals surface area contributed by atoms with E-state index in [0.717, 1.165) is 11.7 Å². The summed E-state index contributed by atoms with van der Waals surface area (Å²) in [4.78, 5) is 0. The van der Waals surface area contributed by atoms with Crippen LogP contribution in [0.3, 0.4) is 0 Å². The van der Waals surface area contributed by atoms with Gasteiger partial charge in [-0.2, -0.15) is 12.6 Å². The first-order chi connectivity index (χ1) is 5.16. The second-order valence-corrected chi connectivity index (χ2v) is 6.44. The molecule has 11 heavy (non-hydrogen) atoms. The molecular weight excluding hydrogens is 190 g/mol. The lowest BCUT2D eigenvalue weighted by Crippen LogP contribution is -2.01. The van der Waals surface area contributed by atoms with E-state index < -0.39 is 0 Å². The van der Waals surface area contributed by atoms with Gasteiger partial charge in [-0.3, -0.25) is 0 Å². The summed E-state index contributed by atoms with van der Waals surface area (Å²) in [5.41, 5.74) is 1.56. The van der Waals surface area contributed by atoms with Crippen LogP contribution < -0.4 is 0 Å². The fourth-order valence-electron chi connectivity index (χ4n) is 1.42. The van der Waals surface area contributed by atoms with Gasteiger partial charge in [-0.1, -0.05) is 9.24 Å². The van der Waals surface area contributed by atoms with Crippen LogP contribution in [0.2, 0.25) is 0 Å². The van der Waals surface area contributed by atoms with Crippen LogP contribution in [0, 0.1) is 5.92 Å². The summed E-state index contributed by atoms with van der Waals surface area (Å²) < 4.78 is 0. The molecule has 1 aliphatic heterocycles. The molecule has 3 atom stereocenters. The number of rotatable bonds is 2. The maximum atomic E-state index is 4.25. The van der Waals surface area contributed by atoms with Gasteiger partial charge in [0.1, 0.15) is 18.8 Å². The summed E-state index contributed by atoms with van der Waals surface area (Å²) >= 11 is 4.25. The van der Waals surface area contributed by atoms with E-state index in [4.69, 9.17) is 0 Å². The molecule has 0 spiro atoms. The summed E-state index contributed by atoms with van der Waals surface area (Å²) in [7, 11) is 2.79. The van der Waals surface area contributed by atoms with Crippen molar-refractivity contribution >= 4 is 35.7 Å². The van der Waals surface area contributed by atoms with E-state index in [2.05, 4.69) is 35.1 Å². The fourth-order valence-corrected chi connectivity index (χ4v) is 4.15. The van der Waals surface area contributed by atoms with Crippen molar-refractivity contribution in [3.05, 3.63) is 10.6 Å². The zero-order valence-corrected chi connectivity index (χ0v) is 9.82. The lowest BCUT2D eigenvalue weighted by atomic mass is 10.0. The minimum absolute atomic E-state index is 0.0578. The van der Waals surface area contributed by atoms with Gasteiger partial charge in [0, 0.05) is 5.92 Å². The second kappa shape index (κ2) is 4.08. The zero-order chi connectivity index (χ0) is 8.43. The van der Waals surface area contributed by atoms with E-state index in [1.165, 1.54) is 17.6 Å². The SMILES string of the molecule is C=[P+]1CC(CCS)C(C)=C1P. The number of hydrogen-bond donors (Lipinski definition) is 1. The predicted octanol–water partition coefficient (Wildman–Crippen LogP) is 2.96. The van der Waals surface area contributed by atoms with Gasteiger partial charge in [0.15, 0.2) is 0 Å². The molecule has 3 unspecified atom stereocenters. The van der Waals surface area contributed by atoms with Gasteiger partial charge < -0.3 is 0 Å². The Morgan fingerprint density at radius 2 is 2.45 bits per heavy atom. The van der Waals surface area contributed by atoms with Gasteiger partial charge in [0.05, 0.1) is 6.30 Å². The van der Waals surface area contributed by atoms with Crippen molar-refractivity contribution in [1.82, 2.24) is 0 Å². The first kappa shape index (κ1) is 9.78. The number of hydrogen-bond acceptors (Lipinski definition) is 1. The summed E-state index contributed by atoms with van der Waals surface area (Å²) in [5, 5.41) is 1.49. The van der Waals surface area contributed by atoms with E-state index >= 15 is 0 Å². The van der Waals surface area contributed by atoms with Crippen molar-refractivity contribution in [3.63, 3.8) is 0 Å². The molecule has 0 amide bonds. The molecule has 0 aliphatic carbocycles. The molecule has 0 aromatic rings. The van der Waals surface area contributed by atoms with Gasteiger partial charge in [-0.05, 0) is 24.7 Å². The molecule has 0 aromatic heterocycles. The van der Waals surface area contributed by atoms with Gasteiger partial charge in [-0.15, -0.1) is 0 Å². The van der Waals surface area contributed by atoms with Crippen LogP contribution in [0.4, 0.5) is 0 Å². The average molecular weight is 205 g/mol. The van der Waals surface area contributed by atoms with E-state index in [9.17, 15) is 0 Å². The van der Waals surface area contributed by atoms with Crippen LogP contribution in [0.25, 0.3) is 0 Å². The summed E-state index contributed by atoms with van der Waals surface area (Å²) in [6.07, 6.45) is 6.68. The van der Waals surface area contributed by atoms with Gasteiger partial charge in [-0.25, -0.2) is 0 Å². The third-order valence-electron chi connectivity index (χ3n) is 2.28. The smallest absolute Gasteiger partial charge is 0.139 e. The molecular formula is C8H15P2S+. The fraction of sp³-hybridized carbons (Fsp3) is 0.625. The van der Waals surface area contributed by atoms with Crippen LogP contribution in [0.1, 0.15) is 13.3 Å². The Hall–Kier alpha value is 0.690. The van der Waals surface area contributed by atoms with Crippen molar-refractivity contribution in [3.8, 4) is 0 Å². The molecule has 62 valence electrons. The van der Waals surface area contributed by atoms with E-state index in [0.29, 0.717) is 0 Å². The molecule has 1 rings (SSSR count). The first-order valence-corrected chi connectivity index (χ1v) is 6.74. The third kappa shape index (κ3) is 2.08. The molecule has 1 aliphatic rings. The van der Waals surface area contributed by atoms with Gasteiger partial charge >= 0.3 is 0 Å². The quantitative estimate of drug-likeness (QED) is 0.520. The standard InChI is InChI=1S/C8H14P2S/c1-6-7(3-4-11)5-10(2)8(6)9/h7H,2-5,9H2,1H3/p+1. The summed E-state index contributed by atoms with van der Waals surface area (Å²) in [6, 6.07) is 0. The highest BCUT2D eigenvalue weighted by molar-refractivity contribution is 7.80. The van der Waals surface area contributed by atoms with Crippen LogP contribution >= 0.6 is 29.4 Å². The maximum Gasteiger partial charge on any atom is 0.139 e. The zero-order valence-electron chi connectivity index (χ0n) is 6.88. The Balaban J connectivity index is 2.69. The van der Waals surface area contributed by atoms with E-state index in [1.807, 2.05) is 0 Å². The molecule has 0 aromatic carbocycles. The lowest BCUT2D eigenvalue weighted by molar-refractivity contribution is 0.682. The topological polar surface area (TPSA) is 0 Å². The van der Waals surface area contributed by atoms with Crippen molar-refractivity contribution < 1.29 is 0 Å². The number of allylic oxidation sites excluding steroid dienone is 1. The van der Waals surface area contributed by atoms with Gasteiger partial charge in [0.25, 0.3) is 0 Å². The molecule has 0 N–H and O–H groups in total. The van der Waals surface area contributed by atoms with Crippen molar-refractivity contribution in [2.75, 3.05) is 11.9 Å². The van der Waals surface area contributed by atoms with Crippen molar-refractivity contribution in [1.29, 1.82) is 0 Å². The maximum absolute atomic E-state index is 4.25. The molecule has 0 saturated heterocycles. The molecule has 1 heterocycles. The van der Waals surface area contributed by atoms with Gasteiger partial charge in [0.2, 0.25) is 0 Å². The molecule has 0 nitrogen and oxygen atoms in total. The molecule has 0 saturated carbocycles. The predicted molar refractivity (Wildman–Crippen MR) is 63.3 cm³/mol. The average Bonchev–Trinajstić information content (AvgIpc) is 2.19. The Kier molecular flexibility index (Phi) is 3.62. The number of thiol groups is 1. The molecule has 3 heteroatoms. The van der Waals surface area contributed by atoms with Crippen molar-refractivity contribution in [2.45, 2.75) is 13.3 Å². The van der Waals surface area contributed by atoms with Crippen LogP contribution in [0.15, 0.2) is 10.6 Å². The normalized spacial score (nSPS) is 28.3. The minimum Gasteiger partial charge on any atom is -0.179 e. The lowest BCUT2D eigenvalue weighted by Gasteiger charge is -2.03. The highest BCUT2D eigenvalue weighted by Gasteiger charge is 2.30. The Morgan fingerprint density at radius 1 is 1.82 bits per heavy atom. The van der Waals surface area contributed by atoms with Crippen LogP contribution in [-0.2, 0) is 0 Å². The monoisotopic (exact) mass is 205 g/mol. The van der Waals surface area contributed by atoms with E-state index in [-0.39, 0.29) is 7.55 Å². The van der Waals surface area contributed by atoms with Crippen LogP contribution in [0.5, 0.6) is 0 Å². The van der Waals surface area contributed by atoms with E-state index in [1.54, 1.807) is 5.57 Å². The molecule has 0 radical (unpaired) electrons. The highest BCUT2D eigenvalue weighted by atomic mass is 32.1. The largest absolute Gasteiger partial charge is 0.179 e. The second-order valence-electron chi connectivity index (χ2n) is 3.00. The summed E-state index contributed by atoms with van der Waals surface area (Å²) in [5.74, 6) is 1.78. The first-order valence-electron chi connectivity index (χ1n) is 3.82. The van der Waals surface area contributed by atoms with Crippen molar-refractivity contribution in [2.24, 2.45) is 5.92 Å². The minimum atomic E-state index is -0.0578.